The molecule has 1 N–H and O–H groups in total. The van der Waals surface area contributed by atoms with Gasteiger partial charge in [0, 0.05) is 13.2 Å². The van der Waals surface area contributed by atoms with E-state index in [1.165, 1.54) is 5.56 Å². The second-order valence-electron chi connectivity index (χ2n) is 9.12. The van der Waals surface area contributed by atoms with Crippen molar-refractivity contribution >= 4 is 0 Å². The quantitative estimate of drug-likeness (QED) is 0.436. The van der Waals surface area contributed by atoms with E-state index in [0.29, 0.717) is 5.75 Å². The van der Waals surface area contributed by atoms with Crippen LogP contribution in [0.2, 0.25) is 0 Å². The van der Waals surface area contributed by atoms with Gasteiger partial charge in [0.05, 0.1) is 13.2 Å². The zero-order valence-corrected chi connectivity index (χ0v) is 20.3. The maximum absolute atomic E-state index is 11.1. The molecule has 6 heteroatoms. The molecular weight excluding hydrogens is 384 g/mol. The summed E-state index contributed by atoms with van der Waals surface area (Å²) in [5, 5.41) is 11.1. The smallest absolute Gasteiger partial charge is 0.414 e. The van der Waals surface area contributed by atoms with E-state index in [1.54, 1.807) is 27.7 Å². The molecule has 1 aromatic carbocycles. The molecule has 0 heterocycles. The predicted molar refractivity (Wildman–Crippen MR) is 118 cm³/mol. The van der Waals surface area contributed by atoms with Gasteiger partial charge in [0.2, 0.25) is 0 Å². The summed E-state index contributed by atoms with van der Waals surface area (Å²) in [6.45, 7) is 19.1. The van der Waals surface area contributed by atoms with Gasteiger partial charge in [-0.25, -0.2) is 0 Å². The molecule has 0 bridgehead atoms. The van der Waals surface area contributed by atoms with E-state index < -0.39 is 11.9 Å². The summed E-state index contributed by atoms with van der Waals surface area (Å²) in [7, 11) is 0. The maximum Gasteiger partial charge on any atom is 0.414 e. The largest absolute Gasteiger partial charge is 0.433 e. The fourth-order valence-corrected chi connectivity index (χ4v) is 3.89. The zero-order valence-electron chi connectivity index (χ0n) is 20.3. The summed E-state index contributed by atoms with van der Waals surface area (Å²) in [5.41, 5.74) is 1.42. The molecule has 0 fully saturated rings. The Morgan fingerprint density at radius 2 is 1.13 bits per heavy atom. The van der Waals surface area contributed by atoms with Crippen molar-refractivity contribution in [3.05, 3.63) is 29.8 Å². The number of rotatable bonds is 13. The van der Waals surface area contributed by atoms with Crippen LogP contribution in [0.25, 0.3) is 0 Å². The van der Waals surface area contributed by atoms with Crippen LogP contribution < -0.4 is 4.74 Å². The van der Waals surface area contributed by atoms with Gasteiger partial charge >= 0.3 is 11.9 Å². The normalized spacial score (nSPS) is 13.5. The number of benzene rings is 1. The first kappa shape index (κ1) is 26.9. The van der Waals surface area contributed by atoms with Crippen LogP contribution in [0.3, 0.4) is 0 Å². The molecule has 0 saturated heterocycles. The highest BCUT2D eigenvalue weighted by Crippen LogP contribution is 2.38. The lowest BCUT2D eigenvalue weighted by molar-refractivity contribution is -0.535. The fourth-order valence-electron chi connectivity index (χ4n) is 3.89. The van der Waals surface area contributed by atoms with E-state index in [4.69, 9.17) is 23.7 Å². The highest BCUT2D eigenvalue weighted by atomic mass is 17.0. The lowest BCUT2D eigenvalue weighted by Crippen LogP contribution is -2.64. The van der Waals surface area contributed by atoms with Crippen molar-refractivity contribution in [3.63, 3.8) is 0 Å². The molecule has 0 atom stereocenters. The topological polar surface area (TPSA) is 66.4 Å². The standard InChI is InChI=1S/C24H42O6/c1-10-26-23(25,27-11-2)24(28-12-3,29-13-4)30-20-16-14-19(15-17-20)22(8,9)18-21(5,6)7/h14-17,25H,10-13,18H2,1-9H3. The number of ether oxygens (including phenoxy) is 5. The van der Waals surface area contributed by atoms with Gasteiger partial charge in [0.1, 0.15) is 5.75 Å². The van der Waals surface area contributed by atoms with E-state index in [0.717, 1.165) is 6.42 Å². The number of hydrogen-bond donors (Lipinski definition) is 1. The Hall–Kier alpha value is -1.18. The average Bonchev–Trinajstić information content (AvgIpc) is 2.61. The fraction of sp³-hybridized carbons (Fsp3) is 0.750. The Morgan fingerprint density at radius 3 is 1.50 bits per heavy atom. The third-order valence-corrected chi connectivity index (χ3v) is 4.60. The van der Waals surface area contributed by atoms with Gasteiger partial charge in [-0.2, -0.15) is 0 Å². The summed E-state index contributed by atoms with van der Waals surface area (Å²) in [5.74, 6) is -3.72. The highest BCUT2D eigenvalue weighted by Gasteiger charge is 2.60. The lowest BCUT2D eigenvalue weighted by Gasteiger charge is -2.42. The third kappa shape index (κ3) is 6.92. The van der Waals surface area contributed by atoms with Crippen LogP contribution in [0.4, 0.5) is 0 Å². The summed E-state index contributed by atoms with van der Waals surface area (Å²) in [6.07, 6.45) is 1.04. The first-order chi connectivity index (χ1) is 13.9. The molecule has 0 unspecified atom stereocenters. The second kappa shape index (κ2) is 10.9. The van der Waals surface area contributed by atoms with Crippen LogP contribution in [0.5, 0.6) is 5.75 Å². The molecule has 0 aliphatic heterocycles. The number of hydrogen-bond acceptors (Lipinski definition) is 6. The Balaban J connectivity index is 3.27. The zero-order chi connectivity index (χ0) is 23.1. The molecule has 0 amide bonds. The first-order valence-corrected chi connectivity index (χ1v) is 11.0. The molecule has 6 nitrogen and oxygen atoms in total. The molecular formula is C24H42O6. The van der Waals surface area contributed by atoms with Gasteiger partial charge in [-0.05, 0) is 62.6 Å². The molecule has 0 saturated carbocycles. The van der Waals surface area contributed by atoms with E-state index in [2.05, 4.69) is 34.6 Å². The molecule has 1 aromatic rings. The minimum Gasteiger partial charge on any atom is -0.433 e. The van der Waals surface area contributed by atoms with Gasteiger partial charge in [-0.1, -0.05) is 46.8 Å². The van der Waals surface area contributed by atoms with Crippen molar-refractivity contribution in [2.45, 2.75) is 86.1 Å². The predicted octanol–water partition coefficient (Wildman–Crippen LogP) is 5.23. The second-order valence-corrected chi connectivity index (χ2v) is 9.12. The SMILES string of the molecule is CCOC(O)(OCC)C(OCC)(OCC)Oc1ccc(C(C)(C)CC(C)(C)C)cc1. The van der Waals surface area contributed by atoms with E-state index in [9.17, 15) is 5.11 Å². The summed E-state index contributed by atoms with van der Waals surface area (Å²) < 4.78 is 28.6. The molecule has 174 valence electrons. The Bertz CT molecular complexity index is 606. The van der Waals surface area contributed by atoms with Crippen molar-refractivity contribution in [1.82, 2.24) is 0 Å². The van der Waals surface area contributed by atoms with Gasteiger partial charge < -0.3 is 28.8 Å². The Labute approximate surface area is 182 Å². The maximum atomic E-state index is 11.1. The van der Waals surface area contributed by atoms with E-state index in [1.807, 2.05) is 24.3 Å². The molecule has 0 radical (unpaired) electrons. The lowest BCUT2D eigenvalue weighted by atomic mass is 9.72. The molecule has 0 aromatic heterocycles. The minimum atomic E-state index is -2.23. The van der Waals surface area contributed by atoms with Crippen molar-refractivity contribution in [1.29, 1.82) is 0 Å². The molecule has 0 aliphatic rings. The monoisotopic (exact) mass is 426 g/mol. The average molecular weight is 427 g/mol. The van der Waals surface area contributed by atoms with Crippen LogP contribution in [-0.4, -0.2) is 43.5 Å². The summed E-state index contributed by atoms with van der Waals surface area (Å²) in [4.78, 5) is 0. The Kier molecular flexibility index (Phi) is 9.77. The molecule has 0 aliphatic carbocycles. The summed E-state index contributed by atoms with van der Waals surface area (Å²) in [6, 6.07) is 7.77. The van der Waals surface area contributed by atoms with Crippen molar-refractivity contribution < 1.29 is 28.8 Å². The van der Waals surface area contributed by atoms with E-state index in [-0.39, 0.29) is 37.3 Å². The Morgan fingerprint density at radius 1 is 0.700 bits per heavy atom. The van der Waals surface area contributed by atoms with Crippen LogP contribution >= 0.6 is 0 Å². The van der Waals surface area contributed by atoms with Gasteiger partial charge in [0.25, 0.3) is 0 Å². The van der Waals surface area contributed by atoms with Crippen molar-refractivity contribution in [2.75, 3.05) is 26.4 Å². The number of aliphatic hydroxyl groups is 1. The van der Waals surface area contributed by atoms with Gasteiger partial charge in [-0.3, -0.25) is 0 Å². The highest BCUT2D eigenvalue weighted by molar-refractivity contribution is 5.32. The van der Waals surface area contributed by atoms with Crippen LogP contribution in [0.15, 0.2) is 24.3 Å². The van der Waals surface area contributed by atoms with Crippen LogP contribution in [-0.2, 0) is 24.4 Å². The van der Waals surface area contributed by atoms with Gasteiger partial charge in [0.15, 0.2) is 0 Å². The molecule has 0 spiro atoms. The van der Waals surface area contributed by atoms with Crippen molar-refractivity contribution in [2.24, 2.45) is 5.41 Å². The first-order valence-electron chi connectivity index (χ1n) is 11.0. The van der Waals surface area contributed by atoms with E-state index >= 15 is 0 Å². The van der Waals surface area contributed by atoms with Gasteiger partial charge in [-0.15, -0.1) is 0 Å². The minimum absolute atomic E-state index is 0.00505. The van der Waals surface area contributed by atoms with Crippen LogP contribution in [0.1, 0.15) is 74.3 Å². The van der Waals surface area contributed by atoms with Crippen LogP contribution in [0, 0.1) is 5.41 Å². The molecule has 30 heavy (non-hydrogen) atoms. The third-order valence-electron chi connectivity index (χ3n) is 4.60. The summed E-state index contributed by atoms with van der Waals surface area (Å²) >= 11 is 0. The van der Waals surface area contributed by atoms with Crippen molar-refractivity contribution in [3.8, 4) is 5.75 Å². The molecule has 1 rings (SSSR count).